The standard InChI is InChI=1S/C45H68O12/c1-11-39(9,33(48)57-45-20-29-14-41(24-45,23-43(52,17-29)26-45)35(50)55-36(2,3)4)22-40(10,21-37(5,6)32(47)53-30-13-31(46)54-38(30,7)8)34(49)56-44-18-27-12-28(19-44)16-42(51,15-27)25-44/h27-30,51-52H,11-26H2,1-10H3. The van der Waals surface area contributed by atoms with E-state index in [9.17, 15) is 34.2 Å². The first kappa shape index (κ1) is 42.4. The first-order valence-corrected chi connectivity index (χ1v) is 21.5. The van der Waals surface area contributed by atoms with Crippen LogP contribution in [0.4, 0.5) is 0 Å². The minimum atomic E-state index is -1.41. The van der Waals surface area contributed by atoms with Gasteiger partial charge in [0.25, 0.3) is 0 Å². The van der Waals surface area contributed by atoms with Gasteiger partial charge < -0.3 is 33.9 Å². The average molecular weight is 801 g/mol. The van der Waals surface area contributed by atoms with Gasteiger partial charge in [-0.2, -0.15) is 0 Å². The number of cyclic esters (lactones) is 1. The quantitative estimate of drug-likeness (QED) is 0.156. The van der Waals surface area contributed by atoms with Crippen LogP contribution < -0.4 is 0 Å². The number of carbonyl (C=O) groups is 5. The van der Waals surface area contributed by atoms with Crippen molar-refractivity contribution < 1.29 is 57.9 Å². The molecule has 57 heavy (non-hydrogen) atoms. The summed E-state index contributed by atoms with van der Waals surface area (Å²) in [6.45, 7) is 17.7. The highest BCUT2D eigenvalue weighted by Gasteiger charge is 2.69. The summed E-state index contributed by atoms with van der Waals surface area (Å²) in [7, 11) is 0. The molecule has 2 N–H and O–H groups in total. The highest BCUT2D eigenvalue weighted by Crippen LogP contribution is 2.65. The zero-order chi connectivity index (χ0) is 42.0. The van der Waals surface area contributed by atoms with Gasteiger partial charge in [-0.3, -0.25) is 24.0 Å². The van der Waals surface area contributed by atoms with Crippen LogP contribution in [0.25, 0.3) is 0 Å². The summed E-state index contributed by atoms with van der Waals surface area (Å²) in [6.07, 6.45) is 5.86. The number of carbonyl (C=O) groups excluding carboxylic acids is 5. The summed E-state index contributed by atoms with van der Waals surface area (Å²) >= 11 is 0. The predicted octanol–water partition coefficient (Wildman–Crippen LogP) is 6.82. The normalized spacial score (nSPS) is 40.8. The van der Waals surface area contributed by atoms with E-state index in [0.29, 0.717) is 57.8 Å². The Balaban J connectivity index is 1.17. The Morgan fingerprint density at radius 3 is 1.81 bits per heavy atom. The highest BCUT2D eigenvalue weighted by molar-refractivity contribution is 5.84. The van der Waals surface area contributed by atoms with Gasteiger partial charge in [-0.25, -0.2) is 0 Å². The lowest BCUT2D eigenvalue weighted by Gasteiger charge is -2.63. The van der Waals surface area contributed by atoms with Crippen molar-refractivity contribution in [3.63, 3.8) is 0 Å². The van der Waals surface area contributed by atoms with Crippen LogP contribution in [0, 0.1) is 39.4 Å². The molecule has 8 aliphatic carbocycles. The van der Waals surface area contributed by atoms with E-state index in [-0.39, 0.29) is 62.2 Å². The second kappa shape index (κ2) is 13.1. The van der Waals surface area contributed by atoms with E-state index >= 15 is 0 Å². The van der Waals surface area contributed by atoms with Crippen LogP contribution in [0.5, 0.6) is 0 Å². The van der Waals surface area contributed by atoms with E-state index in [1.54, 1.807) is 41.5 Å². The van der Waals surface area contributed by atoms with E-state index in [1.807, 2.05) is 27.7 Å². The van der Waals surface area contributed by atoms with Crippen molar-refractivity contribution >= 4 is 29.8 Å². The largest absolute Gasteiger partial charge is 0.460 e. The molecule has 0 radical (unpaired) electrons. The maximum atomic E-state index is 15.0. The minimum absolute atomic E-state index is 0.0183. The van der Waals surface area contributed by atoms with Crippen molar-refractivity contribution in [2.24, 2.45) is 39.4 Å². The lowest BCUT2D eigenvalue weighted by molar-refractivity contribution is -0.254. The minimum Gasteiger partial charge on any atom is -0.460 e. The SMILES string of the molecule is CCC(C)(CC(C)(CC(C)(C)C(=O)OC1CC(=O)OC1(C)C)C(=O)OC12CC3CC(CC(O)(C3)C1)C2)C(=O)OC12CC3CC(O)(C1)CC(C(=O)OC(C)(C)C)(C3)C2. The number of ether oxygens (including phenoxy) is 5. The highest BCUT2D eigenvalue weighted by atomic mass is 16.6. The number of esters is 5. The monoisotopic (exact) mass is 800 g/mol. The predicted molar refractivity (Wildman–Crippen MR) is 206 cm³/mol. The summed E-state index contributed by atoms with van der Waals surface area (Å²) in [5, 5.41) is 23.4. The first-order valence-electron chi connectivity index (χ1n) is 21.5. The molecule has 0 spiro atoms. The number of hydrogen-bond donors (Lipinski definition) is 2. The molecule has 9 unspecified atom stereocenters. The van der Waals surface area contributed by atoms with Crippen LogP contribution in [-0.4, -0.2) is 79.8 Å². The molecule has 0 aromatic rings. The third-order valence-corrected chi connectivity index (χ3v) is 15.1. The molecule has 9 aliphatic rings. The van der Waals surface area contributed by atoms with Crippen molar-refractivity contribution in [2.45, 2.75) is 212 Å². The van der Waals surface area contributed by atoms with Crippen LogP contribution >= 0.6 is 0 Å². The van der Waals surface area contributed by atoms with E-state index in [4.69, 9.17) is 23.7 Å². The van der Waals surface area contributed by atoms with Crippen LogP contribution in [-0.2, 0) is 47.7 Å². The molecule has 320 valence electrons. The van der Waals surface area contributed by atoms with Crippen LogP contribution in [0.3, 0.4) is 0 Å². The third-order valence-electron chi connectivity index (χ3n) is 15.1. The van der Waals surface area contributed by atoms with Gasteiger partial charge in [-0.15, -0.1) is 0 Å². The summed E-state index contributed by atoms with van der Waals surface area (Å²) in [5.74, 6) is -1.98. The van der Waals surface area contributed by atoms with E-state index in [2.05, 4.69) is 0 Å². The average Bonchev–Trinajstić information content (AvgIpc) is 3.26. The molecule has 0 amide bonds. The summed E-state index contributed by atoms with van der Waals surface area (Å²) < 4.78 is 30.5. The second-order valence-electron chi connectivity index (χ2n) is 23.2. The zero-order valence-corrected chi connectivity index (χ0v) is 36.1. The smallest absolute Gasteiger partial charge is 0.312 e. The molecule has 1 saturated heterocycles. The van der Waals surface area contributed by atoms with Crippen molar-refractivity contribution in [1.82, 2.24) is 0 Å². The van der Waals surface area contributed by atoms with Gasteiger partial charge in [-0.1, -0.05) is 6.92 Å². The van der Waals surface area contributed by atoms with Crippen molar-refractivity contribution in [1.29, 1.82) is 0 Å². The fraction of sp³-hybridized carbons (Fsp3) is 0.889. The van der Waals surface area contributed by atoms with Gasteiger partial charge in [0, 0.05) is 19.3 Å². The van der Waals surface area contributed by atoms with Crippen molar-refractivity contribution in [3.05, 3.63) is 0 Å². The molecular weight excluding hydrogens is 732 g/mol. The molecule has 0 aromatic carbocycles. The second-order valence-corrected chi connectivity index (χ2v) is 23.2. The Bertz CT molecular complexity index is 1690. The molecule has 0 aromatic heterocycles. The summed E-state index contributed by atoms with van der Waals surface area (Å²) in [5.41, 5.74) is -10.6. The Labute approximate surface area is 338 Å². The van der Waals surface area contributed by atoms with Gasteiger partial charge in [0.15, 0.2) is 6.10 Å². The van der Waals surface area contributed by atoms with E-state index in [0.717, 1.165) is 6.42 Å². The molecule has 1 aliphatic heterocycles. The van der Waals surface area contributed by atoms with Gasteiger partial charge >= 0.3 is 29.8 Å². The molecule has 12 nitrogen and oxygen atoms in total. The van der Waals surface area contributed by atoms with Gasteiger partial charge in [-0.05, 0) is 157 Å². The molecule has 8 saturated carbocycles. The van der Waals surface area contributed by atoms with Gasteiger partial charge in [0.1, 0.15) is 22.4 Å². The fourth-order valence-electron chi connectivity index (χ4n) is 13.6. The van der Waals surface area contributed by atoms with Crippen LogP contribution in [0.2, 0.25) is 0 Å². The maximum absolute atomic E-state index is 15.0. The first-order chi connectivity index (χ1) is 26.0. The molecule has 9 atom stereocenters. The lowest BCUT2D eigenvalue weighted by atomic mass is 9.46. The molecule has 8 bridgehead atoms. The molecule has 9 rings (SSSR count). The van der Waals surface area contributed by atoms with Crippen molar-refractivity contribution in [3.8, 4) is 0 Å². The van der Waals surface area contributed by atoms with Crippen LogP contribution in [0.1, 0.15) is 172 Å². The van der Waals surface area contributed by atoms with Crippen molar-refractivity contribution in [2.75, 3.05) is 0 Å². The Morgan fingerprint density at radius 2 is 1.26 bits per heavy atom. The fourth-order valence-corrected chi connectivity index (χ4v) is 13.6. The Hall–Kier alpha value is -2.73. The molecule has 12 heteroatoms. The maximum Gasteiger partial charge on any atom is 0.312 e. The Kier molecular flexibility index (Phi) is 9.77. The zero-order valence-electron chi connectivity index (χ0n) is 36.1. The lowest BCUT2D eigenvalue weighted by Crippen LogP contribution is -2.67. The van der Waals surface area contributed by atoms with Gasteiger partial charge in [0.2, 0.25) is 0 Å². The summed E-state index contributed by atoms with van der Waals surface area (Å²) in [6, 6.07) is 0. The molecular formula is C45H68O12. The number of rotatable bonds is 12. The van der Waals surface area contributed by atoms with E-state index < -0.39 is 85.2 Å². The molecule has 1 heterocycles. The Morgan fingerprint density at radius 1 is 0.702 bits per heavy atom. The van der Waals surface area contributed by atoms with Crippen LogP contribution in [0.15, 0.2) is 0 Å². The number of aliphatic hydroxyl groups is 2. The number of hydrogen-bond acceptors (Lipinski definition) is 12. The molecule has 9 fully saturated rings. The van der Waals surface area contributed by atoms with E-state index in [1.165, 1.54) is 0 Å². The summed E-state index contributed by atoms with van der Waals surface area (Å²) in [4.78, 5) is 69.8. The third kappa shape index (κ3) is 7.88. The van der Waals surface area contributed by atoms with Gasteiger partial charge in [0.05, 0.1) is 39.3 Å². The topological polar surface area (TPSA) is 172 Å².